The van der Waals surface area contributed by atoms with Gasteiger partial charge in [-0.05, 0) is 49.9 Å². The Bertz CT molecular complexity index is 1260. The second-order valence-electron chi connectivity index (χ2n) is 10.6. The molecule has 2 heterocycles. The molecule has 0 saturated carbocycles. The fourth-order valence-corrected chi connectivity index (χ4v) is 5.39. The number of H-pyrrole nitrogens is 1. The van der Waals surface area contributed by atoms with Crippen LogP contribution in [0.5, 0.6) is 0 Å². The minimum absolute atomic E-state index is 0.0533. The molecule has 0 radical (unpaired) electrons. The predicted molar refractivity (Wildman–Crippen MR) is 130 cm³/mol. The number of alkyl halides is 6. The first-order chi connectivity index (χ1) is 18.1. The molecule has 4 rings (SSSR count). The van der Waals surface area contributed by atoms with Crippen LogP contribution in [0.1, 0.15) is 55.9 Å². The quantitative estimate of drug-likeness (QED) is 0.427. The molecule has 39 heavy (non-hydrogen) atoms. The lowest BCUT2D eigenvalue weighted by Gasteiger charge is -2.54. The lowest BCUT2D eigenvalue weighted by atomic mass is 9.62. The summed E-state index contributed by atoms with van der Waals surface area (Å²) in [5, 5.41) is 19.8. The number of hydrogen-bond acceptors (Lipinski definition) is 5. The van der Waals surface area contributed by atoms with Gasteiger partial charge in [-0.25, -0.2) is 9.89 Å². The predicted octanol–water partition coefficient (Wildman–Crippen LogP) is 4.72. The summed E-state index contributed by atoms with van der Waals surface area (Å²) in [4.78, 5) is 12.3. The van der Waals surface area contributed by atoms with Crippen molar-refractivity contribution < 1.29 is 36.2 Å². The van der Waals surface area contributed by atoms with Crippen LogP contribution in [0.15, 0.2) is 53.6 Å². The molecule has 1 aliphatic heterocycles. The lowest BCUT2D eigenvalue weighted by Crippen LogP contribution is -2.68. The molecule has 1 aliphatic carbocycles. The van der Waals surface area contributed by atoms with Crippen LogP contribution in [0.3, 0.4) is 0 Å². The lowest BCUT2D eigenvalue weighted by molar-refractivity contribution is -0.143. The molecule has 3 N–H and O–H groups in total. The van der Waals surface area contributed by atoms with Crippen molar-refractivity contribution in [2.45, 2.75) is 62.6 Å². The van der Waals surface area contributed by atoms with Gasteiger partial charge in [0, 0.05) is 12.0 Å². The summed E-state index contributed by atoms with van der Waals surface area (Å²) in [6.07, 6.45) is -0.721. The van der Waals surface area contributed by atoms with Crippen LogP contribution in [0.2, 0.25) is 0 Å². The van der Waals surface area contributed by atoms with Gasteiger partial charge in [0.15, 0.2) is 0 Å². The highest BCUT2D eigenvalue weighted by Gasteiger charge is 2.52. The molecule has 2 aliphatic rings. The number of piperidine rings is 1. The minimum atomic E-state index is -4.96. The largest absolute Gasteiger partial charge is 0.416 e. The van der Waals surface area contributed by atoms with Crippen LogP contribution in [-0.2, 0) is 22.6 Å². The Morgan fingerprint density at radius 3 is 2.23 bits per heavy atom. The van der Waals surface area contributed by atoms with Crippen molar-refractivity contribution in [2.75, 3.05) is 19.8 Å². The third-order valence-electron chi connectivity index (χ3n) is 8.14. The van der Waals surface area contributed by atoms with Gasteiger partial charge in [0.25, 0.3) is 0 Å². The van der Waals surface area contributed by atoms with E-state index in [4.69, 9.17) is 4.74 Å². The summed E-state index contributed by atoms with van der Waals surface area (Å²) < 4.78 is 87.8. The molecule has 0 spiro atoms. The zero-order valence-electron chi connectivity index (χ0n) is 21.4. The SMILES string of the molecule is C[C@@H](OC[C@@]1(C2(C)C=CC=CC2)CC[C@](CO)(n2cn[nH]c2=O)CN1)c1cc(C(F)(F)F)cc(C(F)(F)F)c1. The number of aliphatic hydroxyl groups excluding tert-OH is 1. The van der Waals surface area contributed by atoms with E-state index in [0.717, 1.165) is 0 Å². The van der Waals surface area contributed by atoms with Gasteiger partial charge in [0.1, 0.15) is 6.33 Å². The summed E-state index contributed by atoms with van der Waals surface area (Å²) in [7, 11) is 0. The summed E-state index contributed by atoms with van der Waals surface area (Å²) in [5.74, 6) is 0. The molecular weight excluding hydrogens is 530 g/mol. The first kappa shape index (κ1) is 29.1. The van der Waals surface area contributed by atoms with Gasteiger partial charge >= 0.3 is 18.0 Å². The van der Waals surface area contributed by atoms with Crippen molar-refractivity contribution in [1.82, 2.24) is 20.1 Å². The first-order valence-corrected chi connectivity index (χ1v) is 12.4. The summed E-state index contributed by atoms with van der Waals surface area (Å²) in [5.41, 5.74) is -5.90. The topological polar surface area (TPSA) is 92.2 Å². The van der Waals surface area contributed by atoms with E-state index >= 15 is 0 Å². The molecule has 0 amide bonds. The Morgan fingerprint density at radius 2 is 1.77 bits per heavy atom. The Labute approximate surface area is 220 Å². The molecule has 1 saturated heterocycles. The van der Waals surface area contributed by atoms with Crippen LogP contribution in [0, 0.1) is 5.41 Å². The number of hydrogen-bond donors (Lipinski definition) is 3. The monoisotopic (exact) mass is 560 g/mol. The average Bonchev–Trinajstić information content (AvgIpc) is 3.33. The van der Waals surface area contributed by atoms with Crippen molar-refractivity contribution in [2.24, 2.45) is 5.41 Å². The molecule has 1 fully saturated rings. The molecule has 4 atom stereocenters. The number of halogens is 6. The van der Waals surface area contributed by atoms with Crippen molar-refractivity contribution in [3.63, 3.8) is 0 Å². The molecule has 1 unspecified atom stereocenters. The molecule has 1 aromatic heterocycles. The summed E-state index contributed by atoms with van der Waals surface area (Å²) in [6, 6.07) is 1.44. The van der Waals surface area contributed by atoms with Gasteiger partial charge in [-0.2, -0.15) is 31.4 Å². The highest BCUT2D eigenvalue weighted by atomic mass is 19.4. The van der Waals surface area contributed by atoms with Crippen LogP contribution in [0.4, 0.5) is 26.3 Å². The zero-order valence-corrected chi connectivity index (χ0v) is 21.4. The number of aliphatic hydroxyl groups is 1. The van der Waals surface area contributed by atoms with Gasteiger partial charge < -0.3 is 15.2 Å². The van der Waals surface area contributed by atoms with E-state index in [1.54, 1.807) is 0 Å². The maximum atomic E-state index is 13.4. The van der Waals surface area contributed by atoms with E-state index in [0.29, 0.717) is 31.4 Å². The van der Waals surface area contributed by atoms with Crippen LogP contribution >= 0.6 is 0 Å². The van der Waals surface area contributed by atoms with E-state index in [1.807, 2.05) is 31.2 Å². The fourth-order valence-electron chi connectivity index (χ4n) is 5.39. The van der Waals surface area contributed by atoms with Gasteiger partial charge in [0.2, 0.25) is 0 Å². The van der Waals surface area contributed by atoms with Crippen molar-refractivity contribution in [1.29, 1.82) is 0 Å². The highest BCUT2D eigenvalue weighted by molar-refractivity contribution is 5.35. The van der Waals surface area contributed by atoms with Crippen molar-refractivity contribution in [3.05, 3.63) is 76.0 Å². The van der Waals surface area contributed by atoms with Crippen molar-refractivity contribution in [3.8, 4) is 0 Å². The van der Waals surface area contributed by atoms with Crippen LogP contribution in [0.25, 0.3) is 0 Å². The Morgan fingerprint density at radius 1 is 1.10 bits per heavy atom. The number of nitrogens with one attached hydrogen (secondary N) is 2. The summed E-state index contributed by atoms with van der Waals surface area (Å²) in [6.45, 7) is 3.13. The van der Waals surface area contributed by atoms with Gasteiger partial charge in [0.05, 0.1) is 41.5 Å². The smallest absolute Gasteiger partial charge is 0.394 e. The number of aromatic amines is 1. The number of aromatic nitrogens is 3. The fraction of sp³-hybridized carbons (Fsp3) is 0.538. The van der Waals surface area contributed by atoms with Gasteiger partial charge in [-0.3, -0.25) is 4.57 Å². The normalized spacial score (nSPS) is 28.5. The number of ether oxygens (including phenoxy) is 1. The standard InChI is InChI=1S/C26H30F6N4O3/c1-17(18-10-19(25(27,28)29)12-20(11-18)26(30,31)32)39-15-24(22(2)6-4-3-5-7-22)9-8-23(14-37,13-33-24)36-16-34-35-21(36)38/h3-6,10-12,16-17,33,37H,7-9,13-15H2,1-2H3,(H,35,38)/t17-,22?,23+,24-/m1/s1. The number of nitrogens with zero attached hydrogens (tertiary/aromatic N) is 2. The third kappa shape index (κ3) is 5.57. The van der Waals surface area contributed by atoms with E-state index < -0.39 is 51.8 Å². The molecule has 7 nitrogen and oxygen atoms in total. The van der Waals surface area contributed by atoms with Gasteiger partial charge in [-0.1, -0.05) is 31.2 Å². The van der Waals surface area contributed by atoms with E-state index in [2.05, 4.69) is 15.5 Å². The highest BCUT2D eigenvalue weighted by Crippen LogP contribution is 2.47. The molecule has 2 aromatic rings. The number of benzene rings is 1. The average molecular weight is 561 g/mol. The Kier molecular flexibility index (Phi) is 7.65. The second kappa shape index (κ2) is 10.3. The molecule has 0 bridgehead atoms. The minimum Gasteiger partial charge on any atom is -0.394 e. The van der Waals surface area contributed by atoms with Crippen LogP contribution < -0.4 is 11.0 Å². The molecule has 1 aromatic carbocycles. The third-order valence-corrected chi connectivity index (χ3v) is 8.14. The Hall–Kier alpha value is -2.90. The number of rotatable bonds is 7. The molecule has 214 valence electrons. The maximum Gasteiger partial charge on any atom is 0.416 e. The first-order valence-electron chi connectivity index (χ1n) is 12.4. The van der Waals surface area contributed by atoms with Gasteiger partial charge in [-0.15, -0.1) is 0 Å². The maximum absolute atomic E-state index is 13.4. The van der Waals surface area contributed by atoms with E-state index in [9.17, 15) is 36.2 Å². The molecular formula is C26H30F6N4O3. The van der Waals surface area contributed by atoms with Crippen molar-refractivity contribution >= 4 is 0 Å². The summed E-state index contributed by atoms with van der Waals surface area (Å²) >= 11 is 0. The van der Waals surface area contributed by atoms with E-state index in [-0.39, 0.29) is 31.4 Å². The zero-order chi connectivity index (χ0) is 28.7. The Balaban J connectivity index is 1.64. The molecule has 13 heteroatoms. The van der Waals surface area contributed by atoms with Crippen LogP contribution in [-0.4, -0.2) is 45.2 Å². The van der Waals surface area contributed by atoms with E-state index in [1.165, 1.54) is 17.8 Å². The number of allylic oxidation sites excluding steroid dienone is 3. The second-order valence-corrected chi connectivity index (χ2v) is 10.6.